The highest BCUT2D eigenvalue weighted by Crippen LogP contribution is 2.42. The fourth-order valence-electron chi connectivity index (χ4n) is 6.81. The fraction of sp³-hybridized carbons (Fsp3) is 0. The lowest BCUT2D eigenvalue weighted by Crippen LogP contribution is -1.97. The first-order valence-electron chi connectivity index (χ1n) is 15.3. The molecule has 6 aromatic carbocycles. The van der Waals surface area contributed by atoms with Crippen LogP contribution in [-0.2, 0) is 0 Å². The summed E-state index contributed by atoms with van der Waals surface area (Å²) in [4.78, 5) is 5.19. The van der Waals surface area contributed by atoms with Crippen molar-refractivity contribution in [1.29, 1.82) is 5.26 Å². The average Bonchev–Trinajstić information content (AvgIpc) is 3.67. The predicted molar refractivity (Wildman–Crippen MR) is 187 cm³/mol. The molecule has 0 radical (unpaired) electrons. The Morgan fingerprint density at radius 3 is 1.89 bits per heavy atom. The molecule has 0 aliphatic heterocycles. The predicted octanol–water partition coefficient (Wildman–Crippen LogP) is 11.0. The number of benzene rings is 6. The summed E-state index contributed by atoms with van der Waals surface area (Å²) in [5, 5.41) is 15.0. The molecule has 0 unspecified atom stereocenters. The van der Waals surface area contributed by atoms with Crippen molar-refractivity contribution in [3.8, 4) is 45.4 Å². The van der Waals surface area contributed by atoms with Gasteiger partial charge in [0.2, 0.25) is 0 Å². The van der Waals surface area contributed by atoms with Gasteiger partial charge < -0.3 is 8.98 Å². The van der Waals surface area contributed by atoms with E-state index in [1.807, 2.05) is 72.8 Å². The number of para-hydroxylation sites is 2. The number of hydrogen-bond acceptors (Lipinski definition) is 3. The van der Waals surface area contributed by atoms with Crippen LogP contribution in [0.3, 0.4) is 0 Å². The monoisotopic (exact) mass is 587 g/mol. The van der Waals surface area contributed by atoms with Gasteiger partial charge in [-0.15, -0.1) is 0 Å². The molecule has 0 saturated heterocycles. The van der Waals surface area contributed by atoms with Crippen LogP contribution in [0.4, 0.5) is 0 Å². The van der Waals surface area contributed by atoms with Crippen LogP contribution in [0.25, 0.3) is 83.1 Å². The van der Waals surface area contributed by atoms with Gasteiger partial charge in [-0.2, -0.15) is 5.26 Å². The third-order valence-electron chi connectivity index (χ3n) is 8.86. The first-order chi connectivity index (χ1) is 22.8. The summed E-state index contributed by atoms with van der Waals surface area (Å²) in [5.74, 6) is 0. The fourth-order valence-corrected chi connectivity index (χ4v) is 6.81. The Hall–Kier alpha value is -6.44. The van der Waals surface area contributed by atoms with E-state index < -0.39 is 0 Å². The van der Waals surface area contributed by atoms with E-state index in [-0.39, 0.29) is 0 Å². The minimum Gasteiger partial charge on any atom is -0.456 e. The Balaban J connectivity index is 1.35. The largest absolute Gasteiger partial charge is 0.456 e. The second-order valence-electron chi connectivity index (χ2n) is 11.5. The molecule has 0 bridgehead atoms. The molecule has 214 valence electrons. The van der Waals surface area contributed by atoms with Crippen LogP contribution in [0.15, 0.2) is 156 Å². The quantitative estimate of drug-likeness (QED) is 0.206. The van der Waals surface area contributed by atoms with E-state index in [0.717, 1.165) is 66.6 Å². The molecule has 0 aliphatic rings. The number of pyridine rings is 1. The summed E-state index contributed by atoms with van der Waals surface area (Å²) in [6.45, 7) is 0. The van der Waals surface area contributed by atoms with E-state index >= 15 is 0 Å². The number of nitrogens with zero attached hydrogens (tertiary/aromatic N) is 3. The molecule has 9 rings (SSSR count). The van der Waals surface area contributed by atoms with Crippen LogP contribution < -0.4 is 0 Å². The molecule has 3 aromatic heterocycles. The number of hydrogen-bond donors (Lipinski definition) is 0. The van der Waals surface area contributed by atoms with Crippen molar-refractivity contribution in [2.24, 2.45) is 0 Å². The zero-order valence-corrected chi connectivity index (χ0v) is 24.7. The van der Waals surface area contributed by atoms with Crippen molar-refractivity contribution >= 4 is 43.7 Å². The number of aromatic nitrogens is 2. The number of rotatable bonds is 4. The summed E-state index contributed by atoms with van der Waals surface area (Å²) >= 11 is 0. The molecule has 4 heteroatoms. The lowest BCUT2D eigenvalue weighted by Gasteiger charge is -2.14. The molecule has 0 spiro atoms. The van der Waals surface area contributed by atoms with Crippen LogP contribution in [-0.4, -0.2) is 9.55 Å². The smallest absolute Gasteiger partial charge is 0.136 e. The first-order valence-corrected chi connectivity index (χ1v) is 15.3. The Morgan fingerprint density at radius 1 is 0.543 bits per heavy atom. The van der Waals surface area contributed by atoms with Crippen molar-refractivity contribution in [1.82, 2.24) is 9.55 Å². The van der Waals surface area contributed by atoms with Gasteiger partial charge in [0.05, 0.1) is 28.0 Å². The topological polar surface area (TPSA) is 54.8 Å². The molecule has 0 N–H and O–H groups in total. The highest BCUT2D eigenvalue weighted by Gasteiger charge is 2.21. The summed E-state index contributed by atoms with van der Waals surface area (Å²) in [5.41, 5.74) is 10.5. The lowest BCUT2D eigenvalue weighted by molar-refractivity contribution is 0.669. The molecule has 4 nitrogen and oxygen atoms in total. The van der Waals surface area contributed by atoms with Crippen LogP contribution in [0, 0.1) is 11.3 Å². The first kappa shape index (κ1) is 26.0. The van der Waals surface area contributed by atoms with Crippen LogP contribution >= 0.6 is 0 Å². The molecule has 9 aromatic rings. The number of fused-ring (bicyclic) bond motifs is 6. The van der Waals surface area contributed by atoms with Crippen molar-refractivity contribution in [3.63, 3.8) is 0 Å². The second-order valence-corrected chi connectivity index (χ2v) is 11.5. The minimum atomic E-state index is 0.534. The Bertz CT molecular complexity index is 2590. The third-order valence-corrected chi connectivity index (χ3v) is 8.86. The van der Waals surface area contributed by atoms with E-state index in [2.05, 4.69) is 89.5 Å². The lowest BCUT2D eigenvalue weighted by atomic mass is 9.92. The molecular formula is C42H25N3O. The van der Waals surface area contributed by atoms with Gasteiger partial charge >= 0.3 is 0 Å². The van der Waals surface area contributed by atoms with Gasteiger partial charge in [0.1, 0.15) is 17.2 Å². The molecule has 0 saturated carbocycles. The van der Waals surface area contributed by atoms with Crippen LogP contribution in [0.5, 0.6) is 0 Å². The van der Waals surface area contributed by atoms with E-state index in [9.17, 15) is 5.26 Å². The van der Waals surface area contributed by atoms with Crippen LogP contribution in [0.1, 0.15) is 5.56 Å². The highest BCUT2D eigenvalue weighted by atomic mass is 16.3. The van der Waals surface area contributed by atoms with E-state index in [1.165, 1.54) is 10.8 Å². The molecule has 0 amide bonds. The van der Waals surface area contributed by atoms with E-state index in [0.29, 0.717) is 11.3 Å². The zero-order valence-electron chi connectivity index (χ0n) is 24.7. The molecule has 46 heavy (non-hydrogen) atoms. The van der Waals surface area contributed by atoms with Gasteiger partial charge in [0.15, 0.2) is 0 Å². The maximum atomic E-state index is 10.7. The summed E-state index contributed by atoms with van der Waals surface area (Å²) in [7, 11) is 0. The van der Waals surface area contributed by atoms with Crippen LogP contribution in [0.2, 0.25) is 0 Å². The minimum absolute atomic E-state index is 0.534. The zero-order chi connectivity index (χ0) is 30.6. The number of furan rings is 1. The maximum Gasteiger partial charge on any atom is 0.136 e. The molecule has 3 heterocycles. The average molecular weight is 588 g/mol. The van der Waals surface area contributed by atoms with Gasteiger partial charge in [0.25, 0.3) is 0 Å². The normalized spacial score (nSPS) is 11.5. The Labute approximate surface area is 265 Å². The van der Waals surface area contributed by atoms with Gasteiger partial charge in [-0.25, -0.2) is 4.98 Å². The Morgan fingerprint density at radius 2 is 1.20 bits per heavy atom. The highest BCUT2D eigenvalue weighted by molar-refractivity contribution is 6.14. The molecule has 0 fully saturated rings. The van der Waals surface area contributed by atoms with Crippen molar-refractivity contribution in [3.05, 3.63) is 157 Å². The Kier molecular flexibility index (Phi) is 5.84. The molecule has 0 atom stereocenters. The molecular weight excluding hydrogens is 562 g/mol. The van der Waals surface area contributed by atoms with E-state index in [4.69, 9.17) is 9.40 Å². The summed E-state index contributed by atoms with van der Waals surface area (Å²) in [6.07, 6.45) is 0. The number of nitriles is 1. The second kappa shape index (κ2) is 10.3. The van der Waals surface area contributed by atoms with E-state index in [1.54, 1.807) is 0 Å². The van der Waals surface area contributed by atoms with Crippen molar-refractivity contribution in [2.75, 3.05) is 0 Å². The van der Waals surface area contributed by atoms with Gasteiger partial charge in [0, 0.05) is 43.9 Å². The maximum absolute atomic E-state index is 10.7. The third kappa shape index (κ3) is 3.96. The summed E-state index contributed by atoms with van der Waals surface area (Å²) in [6, 6.07) is 54.2. The van der Waals surface area contributed by atoms with Gasteiger partial charge in [-0.1, -0.05) is 109 Å². The standard InChI is InChI=1S/C42H25N3O/c43-26-35-33(27-12-3-1-4-13-27)25-36(28-14-5-2-6-15-28)44-42(35)32-18-11-21-40-41(32)34-24-29(22-23-39(34)46-40)45-37-19-9-7-16-30(37)31-17-8-10-20-38(31)45/h1-25H. The summed E-state index contributed by atoms with van der Waals surface area (Å²) < 4.78 is 8.76. The van der Waals surface area contributed by atoms with Crippen molar-refractivity contribution in [2.45, 2.75) is 0 Å². The van der Waals surface area contributed by atoms with Gasteiger partial charge in [-0.05, 0) is 48.0 Å². The van der Waals surface area contributed by atoms with Gasteiger partial charge in [-0.3, -0.25) is 0 Å². The SMILES string of the molecule is N#Cc1c(-c2ccccc2)cc(-c2ccccc2)nc1-c1cccc2oc3ccc(-n4c5ccccc5c5ccccc54)cc3c12. The molecule has 0 aliphatic carbocycles. The van der Waals surface area contributed by atoms with Crippen molar-refractivity contribution < 1.29 is 4.42 Å².